The Morgan fingerprint density at radius 1 is 1.25 bits per heavy atom. The molecule has 1 aliphatic rings. The van der Waals surface area contributed by atoms with Crippen molar-refractivity contribution in [3.05, 3.63) is 35.4 Å². The first-order chi connectivity index (χ1) is 5.36. The average Bonchev–Trinajstić information content (AvgIpc) is 1.90. The summed E-state index contributed by atoms with van der Waals surface area (Å²) in [6.45, 7) is 3.30. The molecule has 0 unspecified atom stereocenters. The van der Waals surface area contributed by atoms with Crippen LogP contribution in [0.2, 0.25) is 0 Å². The first-order valence-electron chi connectivity index (χ1n) is 4.16. The van der Waals surface area contributed by atoms with Crippen LogP contribution in [-0.2, 0) is 0 Å². The van der Waals surface area contributed by atoms with Gasteiger partial charge < -0.3 is 5.32 Å². The van der Waals surface area contributed by atoms with Crippen molar-refractivity contribution in [2.75, 3.05) is 6.54 Å². The molecule has 1 aromatic carbocycles. The number of rotatable bonds is 1. The lowest BCUT2D eigenvalue weighted by atomic mass is 9.97. The van der Waals surface area contributed by atoms with Crippen molar-refractivity contribution >= 4 is 12.4 Å². The number of benzene rings is 1. The molecule has 0 aromatic heterocycles. The van der Waals surface area contributed by atoms with Crippen LogP contribution < -0.4 is 5.32 Å². The van der Waals surface area contributed by atoms with E-state index in [-0.39, 0.29) is 12.4 Å². The maximum atomic E-state index is 3.38. The summed E-state index contributed by atoms with van der Waals surface area (Å²) in [5.74, 6) is 0. The molecule has 0 bridgehead atoms. The fraction of sp³-hybridized carbons (Fsp3) is 0.400. The molecule has 1 aliphatic heterocycles. The second-order valence-electron chi connectivity index (χ2n) is 3.21. The van der Waals surface area contributed by atoms with Gasteiger partial charge in [0.05, 0.1) is 0 Å². The van der Waals surface area contributed by atoms with Crippen LogP contribution in [0.1, 0.15) is 23.6 Å². The van der Waals surface area contributed by atoms with Gasteiger partial charge in [-0.15, -0.1) is 12.4 Å². The van der Waals surface area contributed by atoms with Gasteiger partial charge in [0.25, 0.3) is 0 Å². The summed E-state index contributed by atoms with van der Waals surface area (Å²) in [6, 6.07) is 9.42. The number of halogens is 1. The van der Waals surface area contributed by atoms with E-state index < -0.39 is 0 Å². The molecule has 1 fully saturated rings. The zero-order chi connectivity index (χ0) is 7.68. The van der Waals surface area contributed by atoms with Gasteiger partial charge in [0.2, 0.25) is 0 Å². The van der Waals surface area contributed by atoms with E-state index >= 15 is 0 Å². The third-order valence-electron chi connectivity index (χ3n) is 2.30. The molecular formula is C10H14ClN. The highest BCUT2D eigenvalue weighted by Gasteiger charge is 2.17. The molecule has 0 aliphatic carbocycles. The van der Waals surface area contributed by atoms with Gasteiger partial charge in [0, 0.05) is 6.04 Å². The zero-order valence-electron chi connectivity index (χ0n) is 7.21. The molecule has 12 heavy (non-hydrogen) atoms. The summed E-state index contributed by atoms with van der Waals surface area (Å²) < 4.78 is 0. The molecule has 0 saturated carbocycles. The van der Waals surface area contributed by atoms with Crippen molar-refractivity contribution in [3.8, 4) is 0 Å². The summed E-state index contributed by atoms with van der Waals surface area (Å²) in [7, 11) is 0. The second-order valence-corrected chi connectivity index (χ2v) is 3.21. The fourth-order valence-electron chi connectivity index (χ4n) is 1.37. The third-order valence-corrected chi connectivity index (χ3v) is 2.30. The SMILES string of the molecule is Cc1ccc([C@@H]2CCN2)cc1.Cl. The Morgan fingerprint density at radius 2 is 1.83 bits per heavy atom. The molecule has 1 nitrogen and oxygen atoms in total. The highest BCUT2D eigenvalue weighted by molar-refractivity contribution is 5.85. The molecule has 1 aromatic rings. The van der Waals surface area contributed by atoms with Gasteiger partial charge in [-0.2, -0.15) is 0 Å². The van der Waals surface area contributed by atoms with Crippen LogP contribution in [0.25, 0.3) is 0 Å². The van der Waals surface area contributed by atoms with Crippen LogP contribution in [0, 0.1) is 6.92 Å². The summed E-state index contributed by atoms with van der Waals surface area (Å²) in [5.41, 5.74) is 2.77. The molecule has 1 saturated heterocycles. The van der Waals surface area contributed by atoms with Crippen molar-refractivity contribution in [2.24, 2.45) is 0 Å². The monoisotopic (exact) mass is 183 g/mol. The maximum absolute atomic E-state index is 3.38. The van der Waals surface area contributed by atoms with E-state index in [0.717, 1.165) is 0 Å². The Hall–Kier alpha value is -0.530. The van der Waals surface area contributed by atoms with Crippen LogP contribution in [-0.4, -0.2) is 6.54 Å². The lowest BCUT2D eigenvalue weighted by molar-refractivity contribution is 0.383. The summed E-state index contributed by atoms with van der Waals surface area (Å²) in [5, 5.41) is 3.38. The Morgan fingerprint density at radius 3 is 2.25 bits per heavy atom. The zero-order valence-corrected chi connectivity index (χ0v) is 8.03. The van der Waals surface area contributed by atoms with Crippen LogP contribution in [0.15, 0.2) is 24.3 Å². The molecule has 0 spiro atoms. The van der Waals surface area contributed by atoms with Crippen molar-refractivity contribution in [1.29, 1.82) is 0 Å². The van der Waals surface area contributed by atoms with Crippen molar-refractivity contribution in [3.63, 3.8) is 0 Å². The number of hydrogen-bond acceptors (Lipinski definition) is 1. The van der Waals surface area contributed by atoms with Crippen LogP contribution >= 0.6 is 12.4 Å². The predicted octanol–water partition coefficient (Wildman–Crippen LogP) is 2.45. The van der Waals surface area contributed by atoms with Gasteiger partial charge in [-0.1, -0.05) is 29.8 Å². The van der Waals surface area contributed by atoms with E-state index in [1.807, 2.05) is 0 Å². The molecule has 66 valence electrons. The fourth-order valence-corrected chi connectivity index (χ4v) is 1.37. The highest BCUT2D eigenvalue weighted by atomic mass is 35.5. The van der Waals surface area contributed by atoms with E-state index in [2.05, 4.69) is 36.5 Å². The third kappa shape index (κ3) is 1.79. The van der Waals surface area contributed by atoms with Crippen molar-refractivity contribution in [1.82, 2.24) is 5.32 Å². The standard InChI is InChI=1S/C10H13N.ClH/c1-8-2-4-9(5-3-8)10-6-7-11-10;/h2-5,10-11H,6-7H2,1H3;1H/t10-;/m0./s1. The molecule has 1 heterocycles. The first kappa shape index (κ1) is 9.56. The van der Waals surface area contributed by atoms with E-state index in [1.165, 1.54) is 24.1 Å². The van der Waals surface area contributed by atoms with Gasteiger partial charge in [-0.3, -0.25) is 0 Å². The molecular weight excluding hydrogens is 170 g/mol. The lowest BCUT2D eigenvalue weighted by Gasteiger charge is -2.27. The number of aryl methyl sites for hydroxylation is 1. The van der Waals surface area contributed by atoms with Crippen LogP contribution in [0.4, 0.5) is 0 Å². The molecule has 2 rings (SSSR count). The lowest BCUT2D eigenvalue weighted by Crippen LogP contribution is -2.34. The average molecular weight is 184 g/mol. The topological polar surface area (TPSA) is 12.0 Å². The number of hydrogen-bond donors (Lipinski definition) is 1. The normalized spacial score (nSPS) is 20.9. The molecule has 0 amide bonds. The Balaban J connectivity index is 0.000000720. The minimum Gasteiger partial charge on any atom is -0.310 e. The van der Waals surface area contributed by atoms with Gasteiger partial charge >= 0.3 is 0 Å². The Kier molecular flexibility index (Phi) is 3.12. The smallest absolute Gasteiger partial charge is 0.0332 e. The Bertz CT molecular complexity index is 239. The largest absolute Gasteiger partial charge is 0.310 e. The van der Waals surface area contributed by atoms with Gasteiger partial charge in [0.1, 0.15) is 0 Å². The molecule has 1 N–H and O–H groups in total. The van der Waals surface area contributed by atoms with Gasteiger partial charge in [-0.05, 0) is 25.5 Å². The van der Waals surface area contributed by atoms with Crippen molar-refractivity contribution in [2.45, 2.75) is 19.4 Å². The van der Waals surface area contributed by atoms with Gasteiger partial charge in [0.15, 0.2) is 0 Å². The minimum atomic E-state index is 0. The minimum absolute atomic E-state index is 0. The van der Waals surface area contributed by atoms with E-state index in [9.17, 15) is 0 Å². The second kappa shape index (κ2) is 3.92. The Labute approximate surface area is 79.6 Å². The first-order valence-corrected chi connectivity index (χ1v) is 4.16. The predicted molar refractivity (Wildman–Crippen MR) is 53.8 cm³/mol. The summed E-state index contributed by atoms with van der Waals surface area (Å²) in [4.78, 5) is 0. The van der Waals surface area contributed by atoms with Gasteiger partial charge in [-0.25, -0.2) is 0 Å². The van der Waals surface area contributed by atoms with Crippen molar-refractivity contribution < 1.29 is 0 Å². The summed E-state index contributed by atoms with van der Waals surface area (Å²) in [6.07, 6.45) is 1.29. The van der Waals surface area contributed by atoms with E-state index in [1.54, 1.807) is 0 Å². The highest BCUT2D eigenvalue weighted by Crippen LogP contribution is 2.22. The number of nitrogens with one attached hydrogen (secondary N) is 1. The molecule has 2 heteroatoms. The quantitative estimate of drug-likeness (QED) is 0.706. The molecule has 0 radical (unpaired) electrons. The molecule has 1 atom stereocenters. The van der Waals surface area contributed by atoms with Crippen LogP contribution in [0.3, 0.4) is 0 Å². The van der Waals surface area contributed by atoms with E-state index in [4.69, 9.17) is 0 Å². The maximum Gasteiger partial charge on any atom is 0.0332 e. The van der Waals surface area contributed by atoms with Crippen LogP contribution in [0.5, 0.6) is 0 Å². The van der Waals surface area contributed by atoms with E-state index in [0.29, 0.717) is 6.04 Å². The summed E-state index contributed by atoms with van der Waals surface area (Å²) >= 11 is 0.